The number of rotatable bonds is 7. The lowest BCUT2D eigenvalue weighted by Crippen LogP contribution is -2.52. The highest BCUT2D eigenvalue weighted by molar-refractivity contribution is 5.76. The Morgan fingerprint density at radius 1 is 1.37 bits per heavy atom. The average Bonchev–Trinajstić information content (AvgIpc) is 2.38. The Labute approximate surface area is 117 Å². The maximum atomic E-state index is 12.0. The first-order valence-electron chi connectivity index (χ1n) is 7.72. The highest BCUT2D eigenvalue weighted by Crippen LogP contribution is 2.21. The van der Waals surface area contributed by atoms with Crippen LogP contribution in [0, 0.1) is 5.92 Å². The SMILES string of the molecule is CCCNC(CN1CC(C)CCC1C)C(=O)OCC. The van der Waals surface area contributed by atoms with Gasteiger partial charge < -0.3 is 10.1 Å². The minimum Gasteiger partial charge on any atom is -0.465 e. The van der Waals surface area contributed by atoms with Gasteiger partial charge >= 0.3 is 5.97 Å². The first-order valence-corrected chi connectivity index (χ1v) is 7.72. The lowest BCUT2D eigenvalue weighted by molar-refractivity contribution is -0.146. The third kappa shape index (κ3) is 5.49. The summed E-state index contributed by atoms with van der Waals surface area (Å²) >= 11 is 0. The van der Waals surface area contributed by atoms with Crippen molar-refractivity contribution in [1.82, 2.24) is 10.2 Å². The first-order chi connectivity index (χ1) is 9.08. The largest absolute Gasteiger partial charge is 0.465 e. The molecule has 1 saturated heterocycles. The molecule has 1 aliphatic heterocycles. The van der Waals surface area contributed by atoms with Crippen molar-refractivity contribution in [3.63, 3.8) is 0 Å². The van der Waals surface area contributed by atoms with Crippen LogP contribution < -0.4 is 5.32 Å². The normalized spacial score (nSPS) is 26.1. The predicted octanol–water partition coefficient (Wildman–Crippen LogP) is 2.04. The fraction of sp³-hybridized carbons (Fsp3) is 0.933. The van der Waals surface area contributed by atoms with Crippen molar-refractivity contribution in [2.45, 2.75) is 59.0 Å². The molecule has 1 fully saturated rings. The molecule has 0 bridgehead atoms. The monoisotopic (exact) mass is 270 g/mol. The van der Waals surface area contributed by atoms with E-state index in [4.69, 9.17) is 4.74 Å². The predicted molar refractivity (Wildman–Crippen MR) is 78.1 cm³/mol. The van der Waals surface area contributed by atoms with Crippen LogP contribution in [-0.4, -0.2) is 49.2 Å². The van der Waals surface area contributed by atoms with Crippen molar-refractivity contribution >= 4 is 5.97 Å². The number of nitrogens with one attached hydrogen (secondary N) is 1. The van der Waals surface area contributed by atoms with E-state index in [-0.39, 0.29) is 12.0 Å². The molecule has 0 radical (unpaired) electrons. The van der Waals surface area contributed by atoms with Crippen molar-refractivity contribution in [3.8, 4) is 0 Å². The fourth-order valence-electron chi connectivity index (χ4n) is 2.65. The molecule has 0 aromatic carbocycles. The summed E-state index contributed by atoms with van der Waals surface area (Å²) < 4.78 is 5.18. The van der Waals surface area contributed by atoms with E-state index in [0.717, 1.165) is 32.0 Å². The van der Waals surface area contributed by atoms with Gasteiger partial charge in [0.05, 0.1) is 6.61 Å². The van der Waals surface area contributed by atoms with Gasteiger partial charge in [0.2, 0.25) is 0 Å². The van der Waals surface area contributed by atoms with Crippen LogP contribution in [0.1, 0.15) is 47.0 Å². The Kier molecular flexibility index (Phi) is 7.39. The first kappa shape index (κ1) is 16.4. The number of likely N-dealkylation sites (tertiary alicyclic amines) is 1. The summed E-state index contributed by atoms with van der Waals surface area (Å²) in [6.07, 6.45) is 3.55. The van der Waals surface area contributed by atoms with Gasteiger partial charge in [-0.1, -0.05) is 13.8 Å². The zero-order valence-corrected chi connectivity index (χ0v) is 12.9. The number of ether oxygens (including phenoxy) is 1. The second-order valence-corrected chi connectivity index (χ2v) is 5.74. The molecule has 0 aromatic rings. The molecule has 0 aromatic heterocycles. The fourth-order valence-corrected chi connectivity index (χ4v) is 2.65. The van der Waals surface area contributed by atoms with Crippen LogP contribution in [-0.2, 0) is 9.53 Å². The van der Waals surface area contributed by atoms with E-state index in [1.807, 2.05) is 6.92 Å². The lowest BCUT2D eigenvalue weighted by Gasteiger charge is -2.38. The Morgan fingerprint density at radius 2 is 2.11 bits per heavy atom. The van der Waals surface area contributed by atoms with Crippen molar-refractivity contribution in [1.29, 1.82) is 0 Å². The quantitative estimate of drug-likeness (QED) is 0.719. The number of nitrogens with zero attached hydrogens (tertiary/aromatic N) is 1. The van der Waals surface area contributed by atoms with Gasteiger partial charge in [-0.15, -0.1) is 0 Å². The zero-order chi connectivity index (χ0) is 14.3. The molecule has 0 spiro atoms. The average molecular weight is 270 g/mol. The van der Waals surface area contributed by atoms with Gasteiger partial charge in [0.25, 0.3) is 0 Å². The van der Waals surface area contributed by atoms with Gasteiger partial charge in [-0.2, -0.15) is 0 Å². The number of carbonyl (C=O) groups excluding carboxylic acids is 1. The van der Waals surface area contributed by atoms with Gasteiger partial charge in [-0.3, -0.25) is 9.69 Å². The van der Waals surface area contributed by atoms with Crippen LogP contribution in [0.2, 0.25) is 0 Å². The summed E-state index contributed by atoms with van der Waals surface area (Å²) in [6, 6.07) is 0.379. The molecule has 1 N–H and O–H groups in total. The molecule has 3 unspecified atom stereocenters. The van der Waals surface area contributed by atoms with E-state index in [9.17, 15) is 4.79 Å². The third-order valence-corrected chi connectivity index (χ3v) is 3.88. The van der Waals surface area contributed by atoms with E-state index in [1.165, 1.54) is 12.8 Å². The van der Waals surface area contributed by atoms with E-state index in [2.05, 4.69) is 31.0 Å². The van der Waals surface area contributed by atoms with Crippen molar-refractivity contribution < 1.29 is 9.53 Å². The Bertz CT molecular complexity index is 271. The van der Waals surface area contributed by atoms with Crippen LogP contribution in [0.3, 0.4) is 0 Å². The van der Waals surface area contributed by atoms with Crippen LogP contribution >= 0.6 is 0 Å². The summed E-state index contributed by atoms with van der Waals surface area (Å²) in [5, 5.41) is 3.32. The second kappa shape index (κ2) is 8.54. The van der Waals surface area contributed by atoms with Crippen molar-refractivity contribution in [2.24, 2.45) is 5.92 Å². The molecule has 1 rings (SSSR count). The smallest absolute Gasteiger partial charge is 0.324 e. The van der Waals surface area contributed by atoms with Crippen LogP contribution in [0.25, 0.3) is 0 Å². The van der Waals surface area contributed by atoms with Crippen molar-refractivity contribution in [3.05, 3.63) is 0 Å². The maximum Gasteiger partial charge on any atom is 0.324 e. The molecule has 1 heterocycles. The molecular weight excluding hydrogens is 240 g/mol. The summed E-state index contributed by atoms with van der Waals surface area (Å²) in [7, 11) is 0. The van der Waals surface area contributed by atoms with Gasteiger partial charge in [-0.05, 0) is 45.6 Å². The molecule has 19 heavy (non-hydrogen) atoms. The Morgan fingerprint density at radius 3 is 2.74 bits per heavy atom. The highest BCUT2D eigenvalue weighted by atomic mass is 16.5. The molecule has 4 heteroatoms. The molecule has 3 atom stereocenters. The van der Waals surface area contributed by atoms with Crippen LogP contribution in [0.4, 0.5) is 0 Å². The van der Waals surface area contributed by atoms with Gasteiger partial charge in [0, 0.05) is 19.1 Å². The number of hydrogen-bond donors (Lipinski definition) is 1. The molecular formula is C15H30N2O2. The summed E-state index contributed by atoms with van der Waals surface area (Å²) in [4.78, 5) is 14.4. The molecule has 1 aliphatic rings. The molecule has 0 aliphatic carbocycles. The van der Waals surface area contributed by atoms with E-state index in [1.54, 1.807) is 0 Å². The molecule has 0 amide bonds. The number of piperidine rings is 1. The molecule has 4 nitrogen and oxygen atoms in total. The van der Waals surface area contributed by atoms with E-state index < -0.39 is 0 Å². The Balaban J connectivity index is 2.56. The maximum absolute atomic E-state index is 12.0. The van der Waals surface area contributed by atoms with E-state index in [0.29, 0.717) is 12.6 Å². The van der Waals surface area contributed by atoms with Crippen molar-refractivity contribution in [2.75, 3.05) is 26.2 Å². The second-order valence-electron chi connectivity index (χ2n) is 5.74. The summed E-state index contributed by atoms with van der Waals surface area (Å²) in [6.45, 7) is 11.7. The number of hydrogen-bond acceptors (Lipinski definition) is 4. The topological polar surface area (TPSA) is 41.6 Å². The zero-order valence-electron chi connectivity index (χ0n) is 12.9. The number of esters is 1. The van der Waals surface area contributed by atoms with Crippen LogP contribution in [0.5, 0.6) is 0 Å². The summed E-state index contributed by atoms with van der Waals surface area (Å²) in [5.41, 5.74) is 0. The standard InChI is InChI=1S/C15H30N2O2/c1-5-9-16-14(15(18)19-6-2)11-17-10-12(3)7-8-13(17)4/h12-14,16H,5-11H2,1-4H3. The Hall–Kier alpha value is -0.610. The number of carbonyl (C=O) groups is 1. The van der Waals surface area contributed by atoms with Gasteiger partial charge in [0.1, 0.15) is 6.04 Å². The summed E-state index contributed by atoms with van der Waals surface area (Å²) in [5.74, 6) is 0.617. The minimum atomic E-state index is -0.187. The highest BCUT2D eigenvalue weighted by Gasteiger charge is 2.28. The minimum absolute atomic E-state index is 0.110. The third-order valence-electron chi connectivity index (χ3n) is 3.88. The van der Waals surface area contributed by atoms with Gasteiger partial charge in [-0.25, -0.2) is 0 Å². The molecule has 112 valence electrons. The van der Waals surface area contributed by atoms with E-state index >= 15 is 0 Å². The van der Waals surface area contributed by atoms with Crippen LogP contribution in [0.15, 0.2) is 0 Å². The van der Waals surface area contributed by atoms with Gasteiger partial charge in [0.15, 0.2) is 0 Å². The molecule has 0 saturated carbocycles. The lowest BCUT2D eigenvalue weighted by atomic mass is 9.94.